The predicted octanol–water partition coefficient (Wildman–Crippen LogP) is 7.78. The van der Waals surface area contributed by atoms with Crippen molar-refractivity contribution in [1.82, 2.24) is 0 Å². The van der Waals surface area contributed by atoms with Crippen LogP contribution in [0.5, 0.6) is 0 Å². The summed E-state index contributed by atoms with van der Waals surface area (Å²) in [7, 11) is 10.4. The Morgan fingerprint density at radius 1 is 0.619 bits per heavy atom. The van der Waals surface area contributed by atoms with E-state index in [-0.39, 0.29) is 40.7 Å². The second-order valence-corrected chi connectivity index (χ2v) is 6.67. The largest absolute Gasteiger partial charge is 0.271 e. The molecule has 0 amide bonds. The van der Waals surface area contributed by atoms with Gasteiger partial charge in [0.15, 0.2) is 40.7 Å². The molecule has 0 aromatic heterocycles. The third-order valence-corrected chi connectivity index (χ3v) is 1.39. The highest BCUT2D eigenvalue weighted by Crippen LogP contribution is 2.03. The smallest absolute Gasteiger partial charge is 0.174 e. The molecule has 0 aromatic carbocycles. The minimum atomic E-state index is 0.0833. The topological polar surface area (TPSA) is 85.3 Å². The summed E-state index contributed by atoms with van der Waals surface area (Å²) in [6.45, 7) is 6.74. The standard InChI is InChI=1S/C6H14.5H2OP2/c1-4-6(3)5-2;5*1-3-2/h6H,4-5H2,1-3H3;5*2H2. The summed E-state index contributed by atoms with van der Waals surface area (Å²) in [6, 6.07) is 0. The molecule has 5 atom stereocenters. The van der Waals surface area contributed by atoms with Crippen LogP contribution in [0.3, 0.4) is 0 Å². The Bertz CT molecular complexity index is 156. The summed E-state index contributed by atoms with van der Waals surface area (Å²) < 4.78 is 44.3. The minimum absolute atomic E-state index is 0.0833. The summed E-state index contributed by atoms with van der Waals surface area (Å²) in [5, 5.41) is 0. The zero-order valence-corrected chi connectivity index (χ0v) is 22.4. The molecule has 15 heteroatoms. The van der Waals surface area contributed by atoms with E-state index in [9.17, 15) is 0 Å². The van der Waals surface area contributed by atoms with E-state index in [0.29, 0.717) is 0 Å². The molecule has 0 rings (SSSR count). The quantitative estimate of drug-likeness (QED) is 0.372. The summed E-state index contributed by atoms with van der Waals surface area (Å²) >= 11 is 0. The van der Waals surface area contributed by atoms with Crippen LogP contribution in [0.4, 0.5) is 0 Å². The van der Waals surface area contributed by atoms with Crippen LogP contribution >= 0.6 is 85.4 Å². The molecule has 128 valence electrons. The van der Waals surface area contributed by atoms with Crippen LogP contribution in [-0.4, -0.2) is 0 Å². The molecule has 0 spiro atoms. The Hall–Kier alpha value is 2.65. The summed E-state index contributed by atoms with van der Waals surface area (Å²) in [4.78, 5) is 0. The maximum absolute atomic E-state index is 8.87. The molecular formula is C6H24O5P10. The number of hydrogen-bond acceptors (Lipinski definition) is 5. The van der Waals surface area contributed by atoms with Gasteiger partial charge in [0.1, 0.15) is 0 Å². The fourth-order valence-electron chi connectivity index (χ4n) is 0.289. The Morgan fingerprint density at radius 3 is 0.714 bits per heavy atom. The molecular weight excluding hydrogens is 462 g/mol. The third-order valence-electron chi connectivity index (χ3n) is 1.39. The molecule has 0 N–H and O–H groups in total. The van der Waals surface area contributed by atoms with Gasteiger partial charge in [-0.2, -0.15) is 0 Å². The van der Waals surface area contributed by atoms with Crippen molar-refractivity contribution in [2.45, 2.75) is 33.6 Å². The van der Waals surface area contributed by atoms with Gasteiger partial charge >= 0.3 is 0 Å². The molecule has 5 unspecified atom stereocenters. The van der Waals surface area contributed by atoms with E-state index in [0.717, 1.165) is 5.92 Å². The highest BCUT2D eigenvalue weighted by atomic mass is 32.0. The van der Waals surface area contributed by atoms with Crippen LogP contribution in [0.25, 0.3) is 0 Å². The second kappa shape index (κ2) is 66.3. The predicted molar refractivity (Wildman–Crippen MR) is 116 cm³/mol. The molecule has 0 radical (unpaired) electrons. The molecule has 5 nitrogen and oxygen atoms in total. The third kappa shape index (κ3) is 218. The maximum atomic E-state index is 8.87. The minimum Gasteiger partial charge on any atom is -0.271 e. The van der Waals surface area contributed by atoms with Gasteiger partial charge in [0, 0.05) is 0 Å². The van der Waals surface area contributed by atoms with E-state index in [2.05, 4.69) is 20.8 Å². The van der Waals surface area contributed by atoms with Crippen molar-refractivity contribution in [1.29, 1.82) is 0 Å². The molecule has 0 saturated carbocycles. The monoisotopic (exact) mass is 486 g/mol. The van der Waals surface area contributed by atoms with Crippen molar-refractivity contribution < 1.29 is 22.8 Å². The van der Waals surface area contributed by atoms with E-state index in [1.165, 1.54) is 12.8 Å². The van der Waals surface area contributed by atoms with Crippen LogP contribution in [-0.2, 0) is 22.8 Å². The first-order chi connectivity index (χ1) is 9.88. The van der Waals surface area contributed by atoms with Crippen LogP contribution in [0.1, 0.15) is 33.6 Å². The van der Waals surface area contributed by atoms with Crippen LogP contribution in [0.15, 0.2) is 0 Å². The van der Waals surface area contributed by atoms with Gasteiger partial charge in [0.25, 0.3) is 0 Å². The molecule has 0 aliphatic rings. The van der Waals surface area contributed by atoms with Gasteiger partial charge in [0.05, 0.1) is 0 Å². The van der Waals surface area contributed by atoms with Gasteiger partial charge in [-0.05, 0) is 50.6 Å². The lowest BCUT2D eigenvalue weighted by molar-refractivity contribution is 0.544. The molecule has 0 fully saturated rings. The van der Waals surface area contributed by atoms with Crippen molar-refractivity contribution in [3.63, 3.8) is 0 Å². The van der Waals surface area contributed by atoms with Gasteiger partial charge in [-0.25, -0.2) is 0 Å². The Balaban J connectivity index is -0.0000000333. The van der Waals surface area contributed by atoms with Gasteiger partial charge in [-0.3, -0.25) is 22.8 Å². The summed E-state index contributed by atoms with van der Waals surface area (Å²) in [5.41, 5.74) is 0. The average Bonchev–Trinajstić information content (AvgIpc) is 2.42. The Labute approximate surface area is 147 Å². The molecule has 0 aliphatic carbocycles. The lowest BCUT2D eigenvalue weighted by Crippen LogP contribution is -1.85. The first-order valence-electron chi connectivity index (χ1n) is 5.01. The van der Waals surface area contributed by atoms with Crippen molar-refractivity contribution >= 4 is 85.4 Å². The molecule has 21 heavy (non-hydrogen) atoms. The number of hydrogen-bond donors (Lipinski definition) is 0. The lowest BCUT2D eigenvalue weighted by atomic mass is 10.1. The number of rotatable bonds is 2. The van der Waals surface area contributed by atoms with Gasteiger partial charge < -0.3 is 0 Å². The van der Waals surface area contributed by atoms with Crippen molar-refractivity contribution in [2.24, 2.45) is 5.92 Å². The van der Waals surface area contributed by atoms with Gasteiger partial charge in [-0.1, -0.05) is 33.6 Å². The molecule has 0 saturated heterocycles. The average molecular weight is 486 g/mol. The maximum Gasteiger partial charge on any atom is 0.174 e. The molecule has 0 aliphatic heterocycles. The molecule has 0 bridgehead atoms. The lowest BCUT2D eigenvalue weighted by Gasteiger charge is -1.98. The summed E-state index contributed by atoms with van der Waals surface area (Å²) in [5.74, 6) is 0.935. The van der Waals surface area contributed by atoms with Crippen molar-refractivity contribution in [3.8, 4) is 0 Å². The second-order valence-electron chi connectivity index (χ2n) is 2.45. The Morgan fingerprint density at radius 2 is 0.714 bits per heavy atom. The van der Waals surface area contributed by atoms with E-state index in [1.54, 1.807) is 0 Å². The SMILES string of the molecule is CCC(C)CC.O=PP.O=PP.O=PP.O=PP.O=PP. The van der Waals surface area contributed by atoms with E-state index < -0.39 is 0 Å². The first-order valence-corrected chi connectivity index (χ1v) is 17.2. The zero-order valence-electron chi connectivity index (χ0n) is 12.2. The first kappa shape index (κ1) is 38.9. The fraction of sp³-hybridized carbons (Fsp3) is 1.00. The van der Waals surface area contributed by atoms with Crippen molar-refractivity contribution in [3.05, 3.63) is 0 Å². The normalized spacial score (nSPS) is 7.86. The Kier molecular flexibility index (Phi) is 123. The van der Waals surface area contributed by atoms with E-state index in [1.807, 2.05) is 44.6 Å². The van der Waals surface area contributed by atoms with Gasteiger partial charge in [0.2, 0.25) is 0 Å². The summed E-state index contributed by atoms with van der Waals surface area (Å²) in [6.07, 6.45) is 2.66. The van der Waals surface area contributed by atoms with Crippen molar-refractivity contribution in [2.75, 3.05) is 0 Å². The highest BCUT2D eigenvalue weighted by molar-refractivity contribution is 7.96. The van der Waals surface area contributed by atoms with Crippen LogP contribution in [0.2, 0.25) is 0 Å². The highest BCUT2D eigenvalue weighted by Gasteiger charge is 1.88. The zero-order chi connectivity index (χ0) is 18.5. The van der Waals surface area contributed by atoms with Crippen LogP contribution in [0, 0.1) is 5.92 Å². The molecule has 0 aromatic rings. The van der Waals surface area contributed by atoms with Gasteiger partial charge in [-0.15, -0.1) is 0 Å². The van der Waals surface area contributed by atoms with E-state index in [4.69, 9.17) is 22.8 Å². The van der Waals surface area contributed by atoms with E-state index >= 15 is 0 Å². The van der Waals surface area contributed by atoms with Crippen LogP contribution < -0.4 is 0 Å². The molecule has 0 heterocycles. The fourth-order valence-corrected chi connectivity index (χ4v) is 0.289.